The number of carbonyl (C=O) groups excluding carboxylic acids is 3. The normalized spacial score (nSPS) is 11.2. The zero-order valence-corrected chi connectivity index (χ0v) is 17.0. The fourth-order valence-electron chi connectivity index (χ4n) is 1.26. The third-order valence-corrected chi connectivity index (χ3v) is 2.84. The van der Waals surface area contributed by atoms with Crippen molar-refractivity contribution in [3.8, 4) is 0 Å². The predicted octanol–water partition coefficient (Wildman–Crippen LogP) is 3.87. The number of aliphatic hydroxyl groups excluding tert-OH is 2. The van der Waals surface area contributed by atoms with Crippen molar-refractivity contribution in [2.24, 2.45) is 0 Å². The third kappa shape index (κ3) is 29.0. The summed E-state index contributed by atoms with van der Waals surface area (Å²) in [4.78, 5) is 31.8. The van der Waals surface area contributed by atoms with Crippen LogP contribution < -0.4 is 0 Å². The molecule has 2 atom stereocenters. The fraction of sp³-hybridized carbons (Fsp3) is 0.842. The summed E-state index contributed by atoms with van der Waals surface area (Å²) in [5.41, 5.74) is 0. The number of hydrogen-bond acceptors (Lipinski definition) is 5. The van der Waals surface area contributed by atoms with Crippen molar-refractivity contribution in [2.75, 3.05) is 0 Å². The molecular weight excluding hydrogens is 308 g/mol. The van der Waals surface area contributed by atoms with E-state index in [9.17, 15) is 14.4 Å². The minimum Gasteiger partial charge on any atom is -0.393 e. The van der Waals surface area contributed by atoms with Gasteiger partial charge in [0, 0.05) is 19.3 Å². The van der Waals surface area contributed by atoms with E-state index < -0.39 is 6.10 Å². The average Bonchev–Trinajstić information content (AvgIpc) is 2.60. The number of aliphatic hydroxyl groups is 2. The second-order valence-electron chi connectivity index (χ2n) is 4.88. The Morgan fingerprint density at radius 3 is 1.50 bits per heavy atom. The van der Waals surface area contributed by atoms with Crippen LogP contribution in [0.25, 0.3) is 0 Å². The summed E-state index contributed by atoms with van der Waals surface area (Å²) in [5, 5.41) is 17.8. The van der Waals surface area contributed by atoms with Crippen molar-refractivity contribution in [2.45, 2.75) is 106 Å². The average molecular weight is 349 g/mol. The Kier molecular flexibility index (Phi) is 31.0. The van der Waals surface area contributed by atoms with Crippen LogP contribution in [-0.2, 0) is 14.4 Å². The minimum absolute atomic E-state index is 0.0457. The van der Waals surface area contributed by atoms with Gasteiger partial charge in [-0.2, -0.15) is 0 Å². The lowest BCUT2D eigenvalue weighted by atomic mass is 10.1. The molecule has 0 saturated heterocycles. The van der Waals surface area contributed by atoms with Crippen LogP contribution in [0.2, 0.25) is 0 Å². The molecule has 0 radical (unpaired) electrons. The van der Waals surface area contributed by atoms with E-state index in [2.05, 4.69) is 0 Å². The van der Waals surface area contributed by atoms with Gasteiger partial charge >= 0.3 is 0 Å². The smallest absolute Gasteiger partial charge is 0.158 e. The van der Waals surface area contributed by atoms with Crippen molar-refractivity contribution < 1.29 is 24.6 Å². The van der Waals surface area contributed by atoms with Crippen molar-refractivity contribution in [1.82, 2.24) is 0 Å². The summed E-state index contributed by atoms with van der Waals surface area (Å²) >= 11 is 0. The molecule has 0 aromatic carbocycles. The molecule has 5 nitrogen and oxygen atoms in total. The van der Waals surface area contributed by atoms with E-state index in [1.165, 1.54) is 13.8 Å². The predicted molar refractivity (Wildman–Crippen MR) is 100 cm³/mol. The first-order valence-corrected chi connectivity index (χ1v) is 9.12. The van der Waals surface area contributed by atoms with E-state index in [4.69, 9.17) is 10.2 Å². The Hall–Kier alpha value is -1.07. The molecule has 24 heavy (non-hydrogen) atoms. The molecule has 0 aromatic rings. The highest BCUT2D eigenvalue weighted by Crippen LogP contribution is 2.04. The molecule has 5 heteroatoms. The highest BCUT2D eigenvalue weighted by atomic mass is 16.3. The molecule has 0 bridgehead atoms. The van der Waals surface area contributed by atoms with E-state index in [-0.39, 0.29) is 23.5 Å². The highest BCUT2D eigenvalue weighted by Gasteiger charge is 2.07. The first-order chi connectivity index (χ1) is 11.2. The van der Waals surface area contributed by atoms with Crippen LogP contribution in [0.15, 0.2) is 0 Å². The van der Waals surface area contributed by atoms with Crippen LogP contribution in [-0.4, -0.2) is 39.8 Å². The molecule has 0 aliphatic heterocycles. The standard InChI is InChI=1S/C10H18O3.C5H10O2.2C2H6/c1-3-9(12)6-7-10(13)5-4-8(2)11;1-3-5(7)4(2)6;2*1-2/h9,12H,3-7H2,1-2H3;5,7H,3H2,1-2H3;2*1-2H3. The summed E-state index contributed by atoms with van der Waals surface area (Å²) in [7, 11) is 0. The van der Waals surface area contributed by atoms with Gasteiger partial charge in [-0.3, -0.25) is 9.59 Å². The highest BCUT2D eigenvalue weighted by molar-refractivity contribution is 5.84. The molecule has 2 N–H and O–H groups in total. The lowest BCUT2D eigenvalue weighted by Crippen LogP contribution is -2.14. The number of rotatable bonds is 9. The molecule has 0 rings (SSSR count). The van der Waals surface area contributed by atoms with Gasteiger partial charge in [-0.25, -0.2) is 0 Å². The van der Waals surface area contributed by atoms with Crippen LogP contribution in [0.4, 0.5) is 0 Å². The lowest BCUT2D eigenvalue weighted by Gasteiger charge is -2.05. The summed E-state index contributed by atoms with van der Waals surface area (Å²) in [6.45, 7) is 14.5. The van der Waals surface area contributed by atoms with Gasteiger partial charge in [-0.1, -0.05) is 41.5 Å². The maximum atomic E-state index is 11.1. The number of Topliss-reactive ketones (excluding diaryl/α,β-unsaturated/α-hetero) is 3. The van der Waals surface area contributed by atoms with Gasteiger partial charge in [0.1, 0.15) is 17.7 Å². The van der Waals surface area contributed by atoms with Crippen molar-refractivity contribution >= 4 is 17.3 Å². The molecule has 0 spiro atoms. The van der Waals surface area contributed by atoms with Crippen molar-refractivity contribution in [1.29, 1.82) is 0 Å². The van der Waals surface area contributed by atoms with E-state index in [0.717, 1.165) is 0 Å². The van der Waals surface area contributed by atoms with Crippen molar-refractivity contribution in [3.05, 3.63) is 0 Å². The maximum Gasteiger partial charge on any atom is 0.158 e. The first-order valence-electron chi connectivity index (χ1n) is 9.12. The quantitative estimate of drug-likeness (QED) is 0.660. The van der Waals surface area contributed by atoms with E-state index in [1.807, 2.05) is 34.6 Å². The molecule has 2 unspecified atom stereocenters. The molecule has 146 valence electrons. The Labute approximate surface area is 148 Å². The van der Waals surface area contributed by atoms with E-state index in [0.29, 0.717) is 38.5 Å². The van der Waals surface area contributed by atoms with E-state index >= 15 is 0 Å². The number of carbonyl (C=O) groups is 3. The minimum atomic E-state index is -0.736. The molecule has 0 aliphatic carbocycles. The number of ketones is 3. The van der Waals surface area contributed by atoms with Gasteiger partial charge in [0.05, 0.1) is 6.10 Å². The number of hydrogen-bond donors (Lipinski definition) is 2. The second kappa shape index (κ2) is 24.2. The molecule has 0 aromatic heterocycles. The lowest BCUT2D eigenvalue weighted by molar-refractivity contribution is -0.125. The monoisotopic (exact) mass is 348 g/mol. The summed E-state index contributed by atoms with van der Waals surface area (Å²) < 4.78 is 0. The first kappa shape index (κ1) is 30.8. The van der Waals surface area contributed by atoms with Gasteiger partial charge in [0.15, 0.2) is 5.78 Å². The SMILES string of the molecule is CC.CC.CCC(O)C(C)=O.CCC(O)CCC(=O)CCC(C)=O. The molecule has 0 heterocycles. The summed E-state index contributed by atoms with van der Waals surface area (Å²) in [5.74, 6) is -0.0328. The van der Waals surface area contributed by atoms with Gasteiger partial charge in [-0.15, -0.1) is 0 Å². The molecular formula is C19H40O5. The Bertz CT molecular complexity index is 300. The zero-order valence-electron chi connectivity index (χ0n) is 17.0. The van der Waals surface area contributed by atoms with Crippen molar-refractivity contribution in [3.63, 3.8) is 0 Å². The second-order valence-corrected chi connectivity index (χ2v) is 4.88. The van der Waals surface area contributed by atoms with Crippen LogP contribution in [0.3, 0.4) is 0 Å². The van der Waals surface area contributed by atoms with Gasteiger partial charge in [0.2, 0.25) is 0 Å². The Morgan fingerprint density at radius 1 is 0.792 bits per heavy atom. The molecule has 0 aliphatic rings. The molecule has 0 fully saturated rings. The van der Waals surface area contributed by atoms with Crippen LogP contribution >= 0.6 is 0 Å². The van der Waals surface area contributed by atoms with Gasteiger partial charge in [0.25, 0.3) is 0 Å². The third-order valence-electron chi connectivity index (χ3n) is 2.84. The van der Waals surface area contributed by atoms with E-state index in [1.54, 1.807) is 6.92 Å². The molecule has 0 saturated carbocycles. The summed E-state index contributed by atoms with van der Waals surface area (Å²) in [6.07, 6.45) is 1.67. The Morgan fingerprint density at radius 2 is 1.25 bits per heavy atom. The van der Waals surface area contributed by atoms with Crippen LogP contribution in [0, 0.1) is 0 Å². The molecule has 0 amide bonds. The zero-order chi connectivity index (χ0) is 20.1. The Balaban J connectivity index is -0.000000153. The largest absolute Gasteiger partial charge is 0.393 e. The van der Waals surface area contributed by atoms with Gasteiger partial charge in [-0.05, 0) is 33.1 Å². The van der Waals surface area contributed by atoms with Gasteiger partial charge < -0.3 is 15.0 Å². The van der Waals surface area contributed by atoms with Crippen LogP contribution in [0.5, 0.6) is 0 Å². The topological polar surface area (TPSA) is 91.7 Å². The van der Waals surface area contributed by atoms with Crippen LogP contribution in [0.1, 0.15) is 93.9 Å². The maximum absolute atomic E-state index is 11.1. The summed E-state index contributed by atoms with van der Waals surface area (Å²) in [6, 6.07) is 0. The fourth-order valence-corrected chi connectivity index (χ4v) is 1.26.